The first kappa shape index (κ1) is 20.0. The lowest BCUT2D eigenvalue weighted by atomic mass is 10.1. The van der Waals surface area contributed by atoms with E-state index >= 15 is 0 Å². The van der Waals surface area contributed by atoms with Gasteiger partial charge in [0, 0.05) is 6.54 Å². The van der Waals surface area contributed by atoms with Crippen LogP contribution in [0, 0.1) is 0 Å². The third-order valence-corrected chi connectivity index (χ3v) is 6.10. The van der Waals surface area contributed by atoms with E-state index < -0.39 is 43.7 Å². The Labute approximate surface area is 148 Å². The van der Waals surface area contributed by atoms with Gasteiger partial charge in [-0.15, -0.1) is 0 Å². The maximum Gasteiger partial charge on any atom is 0.417 e. The van der Waals surface area contributed by atoms with Crippen molar-refractivity contribution < 1.29 is 31.1 Å². The molecule has 0 bridgehead atoms. The van der Waals surface area contributed by atoms with Crippen LogP contribution in [-0.4, -0.2) is 37.9 Å². The van der Waals surface area contributed by atoms with Gasteiger partial charge in [-0.25, -0.2) is 8.42 Å². The van der Waals surface area contributed by atoms with Crippen LogP contribution in [0.5, 0.6) is 0 Å². The molecule has 1 heterocycles. The molecule has 0 radical (unpaired) electrons. The molecule has 1 aromatic rings. The smallest absolute Gasteiger partial charge is 0.417 e. The van der Waals surface area contributed by atoms with E-state index in [-0.39, 0.29) is 19.6 Å². The molecule has 1 atom stereocenters. The number of benzene rings is 1. The Hall–Kier alpha value is -1.32. The molecule has 1 aliphatic heterocycles. The molecule has 1 fully saturated rings. The first-order valence-electron chi connectivity index (χ1n) is 7.64. The largest absolute Gasteiger partial charge is 0.465 e. The lowest BCUT2D eigenvalue weighted by molar-refractivity contribution is -0.148. The summed E-state index contributed by atoms with van der Waals surface area (Å²) in [7, 11) is -4.30. The molecular weight excluding hydrogens is 383 g/mol. The van der Waals surface area contributed by atoms with Gasteiger partial charge >= 0.3 is 12.1 Å². The van der Waals surface area contributed by atoms with Crippen molar-refractivity contribution in [2.24, 2.45) is 0 Å². The molecule has 0 N–H and O–H groups in total. The maximum absolute atomic E-state index is 13.0. The van der Waals surface area contributed by atoms with Crippen LogP contribution in [-0.2, 0) is 25.7 Å². The summed E-state index contributed by atoms with van der Waals surface area (Å²) in [4.78, 5) is 11.5. The van der Waals surface area contributed by atoms with Crippen LogP contribution in [0.15, 0.2) is 23.1 Å². The Kier molecular flexibility index (Phi) is 6.01. The van der Waals surface area contributed by atoms with Gasteiger partial charge in [0.2, 0.25) is 10.0 Å². The Morgan fingerprint density at radius 3 is 2.64 bits per heavy atom. The molecule has 2 rings (SSSR count). The Morgan fingerprint density at radius 2 is 2.04 bits per heavy atom. The van der Waals surface area contributed by atoms with Gasteiger partial charge in [0.1, 0.15) is 6.04 Å². The summed E-state index contributed by atoms with van der Waals surface area (Å²) in [5, 5.41) is -0.591. The van der Waals surface area contributed by atoms with Crippen LogP contribution in [0.25, 0.3) is 0 Å². The highest BCUT2D eigenvalue weighted by molar-refractivity contribution is 7.89. The minimum atomic E-state index is -4.79. The Balaban J connectivity index is 2.44. The van der Waals surface area contributed by atoms with Gasteiger partial charge in [0.15, 0.2) is 0 Å². The van der Waals surface area contributed by atoms with E-state index in [9.17, 15) is 26.4 Å². The molecule has 1 saturated heterocycles. The number of sulfonamides is 1. The standard InChI is InChI=1S/C15H17ClF3NO4S/c1-2-24-14(21)13-5-3-4-8-20(13)25(22,23)10-6-7-12(16)11(9-10)15(17,18)19/h6-7,9,13H,2-5,8H2,1H3/t13-/m1/s1. The molecule has 10 heteroatoms. The van der Waals surface area contributed by atoms with E-state index in [2.05, 4.69) is 0 Å². The SMILES string of the molecule is CCOC(=O)[C@H]1CCCCN1S(=O)(=O)c1ccc(Cl)c(C(F)(F)F)c1. The molecule has 0 aromatic heterocycles. The summed E-state index contributed by atoms with van der Waals surface area (Å²) in [6.45, 7) is 1.71. The average Bonchev–Trinajstić information content (AvgIpc) is 2.54. The number of alkyl halides is 3. The van der Waals surface area contributed by atoms with E-state index in [1.165, 1.54) is 0 Å². The van der Waals surface area contributed by atoms with Crippen molar-refractivity contribution in [2.45, 2.75) is 43.3 Å². The third-order valence-electron chi connectivity index (χ3n) is 3.86. The lowest BCUT2D eigenvalue weighted by Gasteiger charge is -2.33. The van der Waals surface area contributed by atoms with Gasteiger partial charge in [-0.1, -0.05) is 11.6 Å². The highest BCUT2D eigenvalue weighted by atomic mass is 35.5. The summed E-state index contributed by atoms with van der Waals surface area (Å²) in [6, 6.07) is 1.35. The number of hydrogen-bond donors (Lipinski definition) is 0. The number of hydrogen-bond acceptors (Lipinski definition) is 4. The zero-order valence-corrected chi connectivity index (χ0v) is 14.9. The van der Waals surface area contributed by atoms with Crippen molar-refractivity contribution in [3.63, 3.8) is 0 Å². The van der Waals surface area contributed by atoms with Crippen LogP contribution in [0.4, 0.5) is 13.2 Å². The fraction of sp³-hybridized carbons (Fsp3) is 0.533. The number of piperidine rings is 1. The average molecular weight is 400 g/mol. The van der Waals surface area contributed by atoms with Crippen LogP contribution in [0.2, 0.25) is 5.02 Å². The summed E-state index contributed by atoms with van der Waals surface area (Å²) in [5.41, 5.74) is -1.24. The summed E-state index contributed by atoms with van der Waals surface area (Å²) >= 11 is 5.53. The van der Waals surface area contributed by atoms with E-state index in [1.807, 2.05) is 0 Å². The van der Waals surface area contributed by atoms with Crippen molar-refractivity contribution in [3.8, 4) is 0 Å². The van der Waals surface area contributed by atoms with Gasteiger partial charge in [-0.2, -0.15) is 17.5 Å². The highest BCUT2D eigenvalue weighted by Crippen LogP contribution is 2.37. The van der Waals surface area contributed by atoms with E-state index in [4.69, 9.17) is 16.3 Å². The predicted octanol–water partition coefficient (Wildman–Crippen LogP) is 3.47. The quantitative estimate of drug-likeness (QED) is 0.727. The van der Waals surface area contributed by atoms with Crippen LogP contribution >= 0.6 is 11.6 Å². The molecule has 0 spiro atoms. The molecule has 1 aliphatic rings. The van der Waals surface area contributed by atoms with Crippen LogP contribution < -0.4 is 0 Å². The zero-order chi connectivity index (χ0) is 18.8. The molecule has 0 aliphatic carbocycles. The number of rotatable bonds is 4. The summed E-state index contributed by atoms with van der Waals surface area (Å²) < 4.78 is 70.4. The second-order valence-corrected chi connectivity index (χ2v) is 7.82. The molecule has 0 saturated carbocycles. The van der Waals surface area contributed by atoms with E-state index in [1.54, 1.807) is 6.92 Å². The maximum atomic E-state index is 13.0. The van der Waals surface area contributed by atoms with Crippen molar-refractivity contribution in [1.29, 1.82) is 0 Å². The van der Waals surface area contributed by atoms with Crippen molar-refractivity contribution in [3.05, 3.63) is 28.8 Å². The summed E-state index contributed by atoms with van der Waals surface area (Å²) in [6.07, 6.45) is -3.39. The molecule has 0 amide bonds. The minimum absolute atomic E-state index is 0.0375. The molecular formula is C15H17ClF3NO4S. The van der Waals surface area contributed by atoms with E-state index in [0.717, 1.165) is 16.4 Å². The van der Waals surface area contributed by atoms with Gasteiger partial charge in [0.25, 0.3) is 0 Å². The number of nitrogens with zero attached hydrogens (tertiary/aromatic N) is 1. The predicted molar refractivity (Wildman–Crippen MR) is 84.6 cm³/mol. The molecule has 1 aromatic carbocycles. The van der Waals surface area contributed by atoms with E-state index in [0.29, 0.717) is 18.9 Å². The van der Waals surface area contributed by atoms with Gasteiger partial charge in [0.05, 0.1) is 22.1 Å². The molecule has 25 heavy (non-hydrogen) atoms. The lowest BCUT2D eigenvalue weighted by Crippen LogP contribution is -2.48. The number of esters is 1. The van der Waals surface area contributed by atoms with Crippen molar-refractivity contribution >= 4 is 27.6 Å². The normalized spacial score (nSPS) is 19.6. The van der Waals surface area contributed by atoms with Crippen LogP contribution in [0.3, 0.4) is 0 Å². The van der Waals surface area contributed by atoms with Gasteiger partial charge in [-0.05, 0) is 44.4 Å². The second kappa shape index (κ2) is 7.51. The molecule has 140 valence electrons. The van der Waals surface area contributed by atoms with Gasteiger partial charge < -0.3 is 4.74 Å². The van der Waals surface area contributed by atoms with Crippen molar-refractivity contribution in [2.75, 3.05) is 13.2 Å². The molecule has 0 unspecified atom stereocenters. The topological polar surface area (TPSA) is 63.7 Å². The first-order valence-corrected chi connectivity index (χ1v) is 9.46. The Morgan fingerprint density at radius 1 is 1.36 bits per heavy atom. The molecule has 5 nitrogen and oxygen atoms in total. The minimum Gasteiger partial charge on any atom is -0.465 e. The van der Waals surface area contributed by atoms with Crippen LogP contribution in [0.1, 0.15) is 31.7 Å². The second-order valence-electron chi connectivity index (χ2n) is 5.52. The van der Waals surface area contributed by atoms with Crippen molar-refractivity contribution in [1.82, 2.24) is 4.31 Å². The zero-order valence-electron chi connectivity index (χ0n) is 13.3. The monoisotopic (exact) mass is 399 g/mol. The number of halogens is 4. The number of carbonyl (C=O) groups excluding carboxylic acids is 1. The Bertz CT molecular complexity index is 752. The highest BCUT2D eigenvalue weighted by Gasteiger charge is 2.40. The summed E-state index contributed by atoms with van der Waals surface area (Å²) in [5.74, 6) is -0.698. The first-order chi connectivity index (χ1) is 11.6. The number of carbonyl (C=O) groups is 1. The van der Waals surface area contributed by atoms with Gasteiger partial charge in [-0.3, -0.25) is 4.79 Å². The third kappa shape index (κ3) is 4.27. The fourth-order valence-electron chi connectivity index (χ4n) is 2.68. The fourth-order valence-corrected chi connectivity index (χ4v) is 4.58. The number of ether oxygens (including phenoxy) is 1.